The Morgan fingerprint density at radius 3 is 2.91 bits per heavy atom. The van der Waals surface area contributed by atoms with Gasteiger partial charge in [0, 0.05) is 18.7 Å². The molecule has 0 bridgehead atoms. The van der Waals surface area contributed by atoms with Gasteiger partial charge in [0.1, 0.15) is 12.6 Å². The molecule has 0 spiro atoms. The lowest BCUT2D eigenvalue weighted by Crippen LogP contribution is -2.56. The molecule has 1 aliphatic rings. The maximum absolute atomic E-state index is 12.3. The van der Waals surface area contributed by atoms with E-state index in [0.717, 1.165) is 5.56 Å². The van der Waals surface area contributed by atoms with E-state index in [9.17, 15) is 9.59 Å². The van der Waals surface area contributed by atoms with Crippen molar-refractivity contribution in [3.05, 3.63) is 30.3 Å². The number of rotatable bonds is 3. The molecule has 22 heavy (non-hydrogen) atoms. The van der Waals surface area contributed by atoms with Crippen LogP contribution < -0.4 is 5.32 Å². The van der Waals surface area contributed by atoms with Crippen molar-refractivity contribution < 1.29 is 9.59 Å². The Bertz CT molecular complexity index is 684. The fraction of sp³-hybridized carbons (Fsp3) is 0.357. The van der Waals surface area contributed by atoms with E-state index in [0.29, 0.717) is 18.9 Å². The minimum atomic E-state index is -0.474. The second-order valence-electron chi connectivity index (χ2n) is 5.06. The fourth-order valence-corrected chi connectivity index (χ4v) is 2.35. The van der Waals surface area contributed by atoms with Gasteiger partial charge in [0.2, 0.25) is 17.6 Å². The zero-order valence-electron chi connectivity index (χ0n) is 12.1. The molecule has 2 heterocycles. The van der Waals surface area contributed by atoms with Crippen LogP contribution in [0.15, 0.2) is 30.3 Å². The topological polar surface area (TPSA) is 93.0 Å². The van der Waals surface area contributed by atoms with Crippen molar-refractivity contribution in [2.75, 3.05) is 13.1 Å². The summed E-state index contributed by atoms with van der Waals surface area (Å²) in [6, 6.07) is 8.95. The zero-order chi connectivity index (χ0) is 15.5. The Morgan fingerprint density at radius 2 is 2.14 bits per heavy atom. The molecule has 1 fully saturated rings. The van der Waals surface area contributed by atoms with Crippen molar-refractivity contribution in [3.63, 3.8) is 0 Å². The van der Waals surface area contributed by atoms with Crippen LogP contribution >= 0.6 is 0 Å². The van der Waals surface area contributed by atoms with E-state index in [1.165, 1.54) is 9.70 Å². The van der Waals surface area contributed by atoms with Crippen molar-refractivity contribution in [3.8, 4) is 11.4 Å². The summed E-state index contributed by atoms with van der Waals surface area (Å²) in [6.45, 7) is 2.63. The van der Waals surface area contributed by atoms with Gasteiger partial charge in [-0.3, -0.25) is 9.59 Å². The summed E-state index contributed by atoms with van der Waals surface area (Å²) in [5, 5.41) is 14.8. The van der Waals surface area contributed by atoms with E-state index < -0.39 is 6.04 Å². The van der Waals surface area contributed by atoms with Gasteiger partial charge >= 0.3 is 0 Å². The molecule has 0 saturated carbocycles. The Morgan fingerprint density at radius 1 is 1.36 bits per heavy atom. The van der Waals surface area contributed by atoms with Crippen LogP contribution in [0.5, 0.6) is 0 Å². The third-order valence-corrected chi connectivity index (χ3v) is 3.58. The van der Waals surface area contributed by atoms with Crippen LogP contribution in [0.3, 0.4) is 0 Å². The largest absolute Gasteiger partial charge is 0.353 e. The lowest BCUT2D eigenvalue weighted by molar-refractivity contribution is -0.143. The number of carbonyl (C=O) groups is 2. The van der Waals surface area contributed by atoms with Gasteiger partial charge in [-0.1, -0.05) is 30.3 Å². The molecule has 1 atom stereocenters. The van der Waals surface area contributed by atoms with Crippen molar-refractivity contribution in [2.24, 2.45) is 0 Å². The van der Waals surface area contributed by atoms with Gasteiger partial charge in [-0.15, -0.1) is 10.2 Å². The number of nitrogens with zero attached hydrogens (tertiary/aromatic N) is 5. The number of tetrazole rings is 1. The number of nitrogens with one attached hydrogen (secondary N) is 1. The number of hydrogen-bond donors (Lipinski definition) is 1. The van der Waals surface area contributed by atoms with Gasteiger partial charge < -0.3 is 10.2 Å². The van der Waals surface area contributed by atoms with Gasteiger partial charge in [-0.2, -0.15) is 4.80 Å². The standard InChI is InChI=1S/C14H16N6O2/c1-10-14(22)15-7-8-19(10)12(21)9-20-17-13(16-18-20)11-5-3-2-4-6-11/h2-6,10H,7-9H2,1H3,(H,15,22). The van der Waals surface area contributed by atoms with Gasteiger partial charge in [0.25, 0.3) is 0 Å². The molecule has 0 aliphatic carbocycles. The predicted molar refractivity (Wildman–Crippen MR) is 77.4 cm³/mol. The van der Waals surface area contributed by atoms with Gasteiger partial charge in [0.15, 0.2) is 0 Å². The quantitative estimate of drug-likeness (QED) is 0.839. The third kappa shape index (κ3) is 2.80. The average molecular weight is 300 g/mol. The summed E-state index contributed by atoms with van der Waals surface area (Å²) in [4.78, 5) is 26.7. The van der Waals surface area contributed by atoms with E-state index in [1.54, 1.807) is 6.92 Å². The van der Waals surface area contributed by atoms with E-state index in [2.05, 4.69) is 20.7 Å². The normalized spacial score (nSPS) is 18.1. The minimum absolute atomic E-state index is 0.0303. The number of hydrogen-bond acceptors (Lipinski definition) is 5. The van der Waals surface area contributed by atoms with Crippen LogP contribution in [0.2, 0.25) is 0 Å². The maximum atomic E-state index is 12.3. The summed E-state index contributed by atoms with van der Waals surface area (Å²) in [7, 11) is 0. The molecule has 8 nitrogen and oxygen atoms in total. The average Bonchev–Trinajstić information content (AvgIpc) is 2.99. The summed E-state index contributed by atoms with van der Waals surface area (Å²) in [5.41, 5.74) is 0.840. The predicted octanol–water partition coefficient (Wildman–Crippen LogP) is -0.313. The number of carbonyl (C=O) groups excluding carboxylic acids is 2. The van der Waals surface area contributed by atoms with E-state index in [4.69, 9.17) is 0 Å². The first-order valence-corrected chi connectivity index (χ1v) is 7.05. The Balaban J connectivity index is 1.70. The molecule has 114 valence electrons. The van der Waals surface area contributed by atoms with E-state index in [1.807, 2.05) is 30.3 Å². The smallest absolute Gasteiger partial charge is 0.246 e. The van der Waals surface area contributed by atoms with Gasteiger partial charge in [0.05, 0.1) is 0 Å². The third-order valence-electron chi connectivity index (χ3n) is 3.58. The van der Waals surface area contributed by atoms with E-state index >= 15 is 0 Å². The number of piperazine rings is 1. The molecular formula is C14H16N6O2. The maximum Gasteiger partial charge on any atom is 0.246 e. The molecule has 0 radical (unpaired) electrons. The molecule has 1 aliphatic heterocycles. The number of benzene rings is 1. The summed E-state index contributed by atoms with van der Waals surface area (Å²) >= 11 is 0. The van der Waals surface area contributed by atoms with Crippen LogP contribution in [0.1, 0.15) is 6.92 Å². The van der Waals surface area contributed by atoms with Crippen LogP contribution in [0.25, 0.3) is 11.4 Å². The van der Waals surface area contributed by atoms with E-state index in [-0.39, 0.29) is 18.4 Å². The molecule has 3 rings (SSSR count). The molecule has 1 saturated heterocycles. The SMILES string of the molecule is CC1C(=O)NCCN1C(=O)Cn1nnc(-c2ccccc2)n1. The Kier molecular flexibility index (Phi) is 3.82. The summed E-state index contributed by atoms with van der Waals surface area (Å²) < 4.78 is 0. The van der Waals surface area contributed by atoms with Crippen LogP contribution in [-0.4, -0.2) is 56.1 Å². The molecule has 2 amide bonds. The highest BCUT2D eigenvalue weighted by Crippen LogP contribution is 2.12. The minimum Gasteiger partial charge on any atom is -0.353 e. The number of aromatic nitrogens is 4. The zero-order valence-corrected chi connectivity index (χ0v) is 12.1. The molecule has 1 aromatic heterocycles. The Labute approximate surface area is 127 Å². The lowest BCUT2D eigenvalue weighted by atomic mass is 10.2. The second-order valence-corrected chi connectivity index (χ2v) is 5.06. The number of amides is 2. The molecular weight excluding hydrogens is 284 g/mol. The molecule has 1 N–H and O–H groups in total. The van der Waals surface area contributed by atoms with Crippen LogP contribution in [-0.2, 0) is 16.1 Å². The van der Waals surface area contributed by atoms with Crippen LogP contribution in [0, 0.1) is 0 Å². The lowest BCUT2D eigenvalue weighted by Gasteiger charge is -2.32. The molecule has 1 aromatic carbocycles. The molecule has 2 aromatic rings. The monoisotopic (exact) mass is 300 g/mol. The second kappa shape index (κ2) is 5.92. The van der Waals surface area contributed by atoms with Crippen molar-refractivity contribution in [2.45, 2.75) is 19.5 Å². The van der Waals surface area contributed by atoms with Gasteiger partial charge in [-0.05, 0) is 12.1 Å². The van der Waals surface area contributed by atoms with Crippen molar-refractivity contribution in [1.82, 2.24) is 30.4 Å². The Hall–Kier alpha value is -2.77. The first-order valence-electron chi connectivity index (χ1n) is 7.05. The first-order chi connectivity index (χ1) is 10.6. The highest BCUT2D eigenvalue weighted by atomic mass is 16.2. The molecule has 1 unspecified atom stereocenters. The van der Waals surface area contributed by atoms with Crippen molar-refractivity contribution in [1.29, 1.82) is 0 Å². The summed E-state index contributed by atoms with van der Waals surface area (Å²) in [5.74, 6) is 0.133. The fourth-order valence-electron chi connectivity index (χ4n) is 2.35. The van der Waals surface area contributed by atoms with Crippen molar-refractivity contribution >= 4 is 11.8 Å². The summed E-state index contributed by atoms with van der Waals surface area (Å²) in [6.07, 6.45) is 0. The van der Waals surface area contributed by atoms with Crippen LogP contribution in [0.4, 0.5) is 0 Å². The molecule has 8 heteroatoms. The first kappa shape index (κ1) is 14.2. The van der Waals surface area contributed by atoms with Gasteiger partial charge in [-0.25, -0.2) is 0 Å². The highest BCUT2D eigenvalue weighted by Gasteiger charge is 2.29. The highest BCUT2D eigenvalue weighted by molar-refractivity contribution is 5.88.